The zero-order valence-electron chi connectivity index (χ0n) is 11.4. The predicted octanol–water partition coefficient (Wildman–Crippen LogP) is 1.44. The summed E-state index contributed by atoms with van der Waals surface area (Å²) in [6.45, 7) is 3.45. The third-order valence-electron chi connectivity index (χ3n) is 3.06. The number of hydrogen-bond donors (Lipinski definition) is 2. The highest BCUT2D eigenvalue weighted by Crippen LogP contribution is 2.24. The van der Waals surface area contributed by atoms with E-state index < -0.39 is 0 Å². The average Bonchev–Trinajstić information content (AvgIpc) is 2.86. The molecule has 1 atom stereocenters. The highest BCUT2D eigenvalue weighted by molar-refractivity contribution is 7.16. The van der Waals surface area contributed by atoms with Crippen LogP contribution in [0.15, 0.2) is 11.4 Å². The summed E-state index contributed by atoms with van der Waals surface area (Å²) in [6.07, 6.45) is 0. The van der Waals surface area contributed by atoms with Crippen molar-refractivity contribution < 1.29 is 4.74 Å². The molecular weight excluding hydrogens is 262 g/mol. The molecule has 3 N–H and O–H groups in total. The fourth-order valence-electron chi connectivity index (χ4n) is 1.83. The lowest BCUT2D eigenvalue weighted by Gasteiger charge is -2.23. The number of anilines is 1. The van der Waals surface area contributed by atoms with Crippen molar-refractivity contribution in [2.24, 2.45) is 5.84 Å². The Morgan fingerprint density at radius 2 is 2.32 bits per heavy atom. The van der Waals surface area contributed by atoms with Gasteiger partial charge in [-0.05, 0) is 25.4 Å². The van der Waals surface area contributed by atoms with Crippen molar-refractivity contribution in [3.63, 3.8) is 0 Å². The third-order valence-corrected chi connectivity index (χ3v) is 3.87. The lowest BCUT2D eigenvalue weighted by Crippen LogP contribution is -2.32. The number of aromatic nitrogens is 2. The lowest BCUT2D eigenvalue weighted by atomic mass is 10.3. The number of nitrogens with one attached hydrogen (secondary N) is 1. The fourth-order valence-corrected chi connectivity index (χ4v) is 2.61. The quantitative estimate of drug-likeness (QED) is 0.616. The summed E-state index contributed by atoms with van der Waals surface area (Å²) in [5.74, 6) is 6.95. The highest BCUT2D eigenvalue weighted by Gasteiger charge is 2.13. The van der Waals surface area contributed by atoms with Crippen LogP contribution in [0.4, 0.5) is 5.82 Å². The molecule has 0 aliphatic heterocycles. The zero-order chi connectivity index (χ0) is 13.8. The van der Waals surface area contributed by atoms with Crippen molar-refractivity contribution in [1.29, 1.82) is 0 Å². The van der Waals surface area contributed by atoms with Gasteiger partial charge in [0.2, 0.25) is 0 Å². The summed E-state index contributed by atoms with van der Waals surface area (Å²) in [5.41, 5.74) is 2.64. The highest BCUT2D eigenvalue weighted by atomic mass is 32.1. The van der Waals surface area contributed by atoms with E-state index in [0.29, 0.717) is 25.0 Å². The third kappa shape index (κ3) is 3.19. The molecule has 0 aromatic carbocycles. The lowest BCUT2D eigenvalue weighted by molar-refractivity contribution is 0.110. The molecule has 0 fully saturated rings. The summed E-state index contributed by atoms with van der Waals surface area (Å²) in [4.78, 5) is 12.1. The van der Waals surface area contributed by atoms with Crippen LogP contribution < -0.4 is 11.3 Å². The fraction of sp³-hybridized carbons (Fsp3) is 0.500. The first kappa shape index (κ1) is 14.1. The molecule has 0 saturated carbocycles. The van der Waals surface area contributed by atoms with Crippen LogP contribution in [-0.4, -0.2) is 41.7 Å². The van der Waals surface area contributed by atoms with Crippen molar-refractivity contribution >= 4 is 27.4 Å². The first-order chi connectivity index (χ1) is 9.15. The van der Waals surface area contributed by atoms with E-state index in [1.54, 1.807) is 18.4 Å². The maximum Gasteiger partial charge on any atom is 0.152 e. The van der Waals surface area contributed by atoms with Crippen molar-refractivity contribution in [3.8, 4) is 0 Å². The zero-order valence-corrected chi connectivity index (χ0v) is 12.2. The molecule has 0 bridgehead atoms. The van der Waals surface area contributed by atoms with Gasteiger partial charge >= 0.3 is 0 Å². The molecule has 2 aromatic heterocycles. The second kappa shape index (κ2) is 6.25. The molecule has 0 aliphatic carbocycles. The summed E-state index contributed by atoms with van der Waals surface area (Å²) in [5, 5.41) is 2.95. The summed E-state index contributed by atoms with van der Waals surface area (Å²) in [6, 6.07) is 2.28. The Morgan fingerprint density at radius 3 is 3.00 bits per heavy atom. The van der Waals surface area contributed by atoms with Crippen LogP contribution in [0.3, 0.4) is 0 Å². The summed E-state index contributed by atoms with van der Waals surface area (Å²) < 4.78 is 5.15. The second-order valence-electron chi connectivity index (χ2n) is 4.49. The van der Waals surface area contributed by atoms with Crippen LogP contribution >= 0.6 is 11.3 Å². The minimum absolute atomic E-state index is 0.307. The number of nitrogen functional groups attached to an aromatic ring is 1. The number of fused-ring (bicyclic) bond motifs is 1. The Bertz CT molecular complexity index is 544. The minimum Gasteiger partial charge on any atom is -0.383 e. The smallest absolute Gasteiger partial charge is 0.152 e. The van der Waals surface area contributed by atoms with E-state index in [9.17, 15) is 0 Å². The van der Waals surface area contributed by atoms with Gasteiger partial charge in [-0.3, -0.25) is 4.90 Å². The van der Waals surface area contributed by atoms with Gasteiger partial charge in [0.15, 0.2) is 5.82 Å². The molecule has 104 valence electrons. The van der Waals surface area contributed by atoms with Crippen molar-refractivity contribution in [2.45, 2.75) is 19.5 Å². The van der Waals surface area contributed by atoms with E-state index >= 15 is 0 Å². The molecule has 0 amide bonds. The standard InChI is InChI=1S/C12H19N5OS/c1-8(7-18-3)17(2)6-10-14-11(16-13)9-4-5-19-12(9)15-10/h4-5,8H,6-7,13H2,1-3H3,(H,14,15,16). The molecule has 0 radical (unpaired) electrons. The van der Waals surface area contributed by atoms with Gasteiger partial charge in [0.1, 0.15) is 10.7 Å². The number of thiophene rings is 1. The molecular formula is C12H19N5OS. The Balaban J connectivity index is 2.20. The Kier molecular flexibility index (Phi) is 4.65. The maximum absolute atomic E-state index is 5.51. The van der Waals surface area contributed by atoms with Gasteiger partial charge < -0.3 is 10.2 Å². The molecule has 0 saturated heterocycles. The topological polar surface area (TPSA) is 76.3 Å². The molecule has 0 spiro atoms. The Labute approximate surface area is 116 Å². The maximum atomic E-state index is 5.51. The van der Waals surface area contributed by atoms with Gasteiger partial charge in [-0.1, -0.05) is 0 Å². The van der Waals surface area contributed by atoms with Crippen LogP contribution in [0, 0.1) is 0 Å². The van der Waals surface area contributed by atoms with Gasteiger partial charge in [-0.15, -0.1) is 11.3 Å². The number of rotatable bonds is 6. The Morgan fingerprint density at radius 1 is 1.53 bits per heavy atom. The molecule has 0 aliphatic rings. The van der Waals surface area contributed by atoms with E-state index in [4.69, 9.17) is 10.6 Å². The first-order valence-corrected chi connectivity index (χ1v) is 6.93. The van der Waals surface area contributed by atoms with Crippen molar-refractivity contribution in [3.05, 3.63) is 17.3 Å². The number of hydrazine groups is 1. The average molecular weight is 281 g/mol. The number of methoxy groups -OCH3 is 1. The number of likely N-dealkylation sites (N-methyl/N-ethyl adjacent to an activating group) is 1. The van der Waals surface area contributed by atoms with E-state index in [2.05, 4.69) is 27.2 Å². The molecule has 7 heteroatoms. The van der Waals surface area contributed by atoms with Crippen LogP contribution in [0.1, 0.15) is 12.7 Å². The van der Waals surface area contributed by atoms with E-state index in [1.807, 2.05) is 18.5 Å². The molecule has 2 rings (SSSR count). The first-order valence-electron chi connectivity index (χ1n) is 6.05. The van der Waals surface area contributed by atoms with Crippen LogP contribution in [0.2, 0.25) is 0 Å². The molecule has 2 aromatic rings. The number of nitrogens with two attached hydrogens (primary N) is 1. The molecule has 6 nitrogen and oxygen atoms in total. The van der Waals surface area contributed by atoms with Crippen LogP contribution in [0.25, 0.3) is 10.2 Å². The van der Waals surface area contributed by atoms with Gasteiger partial charge in [0, 0.05) is 13.2 Å². The molecule has 2 heterocycles. The van der Waals surface area contributed by atoms with Gasteiger partial charge in [-0.25, -0.2) is 15.8 Å². The largest absolute Gasteiger partial charge is 0.383 e. The summed E-state index contributed by atoms with van der Waals surface area (Å²) >= 11 is 1.59. The van der Waals surface area contributed by atoms with Crippen molar-refractivity contribution in [1.82, 2.24) is 14.9 Å². The second-order valence-corrected chi connectivity index (χ2v) is 5.39. The van der Waals surface area contributed by atoms with Crippen molar-refractivity contribution in [2.75, 3.05) is 26.2 Å². The van der Waals surface area contributed by atoms with Crippen LogP contribution in [-0.2, 0) is 11.3 Å². The van der Waals surface area contributed by atoms with E-state index in [0.717, 1.165) is 16.0 Å². The van der Waals surface area contributed by atoms with E-state index in [-0.39, 0.29) is 0 Å². The SMILES string of the molecule is COCC(C)N(C)Cc1nc(NN)c2ccsc2n1. The van der Waals surface area contributed by atoms with Gasteiger partial charge in [0.25, 0.3) is 0 Å². The Hall–Kier alpha value is -1.28. The van der Waals surface area contributed by atoms with Crippen LogP contribution in [0.5, 0.6) is 0 Å². The predicted molar refractivity (Wildman–Crippen MR) is 78.0 cm³/mol. The minimum atomic E-state index is 0.307. The number of hydrogen-bond acceptors (Lipinski definition) is 7. The summed E-state index contributed by atoms with van der Waals surface area (Å²) in [7, 11) is 3.73. The van der Waals surface area contributed by atoms with Gasteiger partial charge in [0.05, 0.1) is 18.5 Å². The number of ether oxygens (including phenoxy) is 1. The molecule has 19 heavy (non-hydrogen) atoms. The normalized spacial score (nSPS) is 13.1. The molecule has 1 unspecified atom stereocenters. The van der Waals surface area contributed by atoms with Gasteiger partial charge in [-0.2, -0.15) is 0 Å². The van der Waals surface area contributed by atoms with E-state index in [1.165, 1.54) is 0 Å². The number of nitrogens with zero attached hydrogens (tertiary/aromatic N) is 3. The monoisotopic (exact) mass is 281 g/mol.